The zero-order chi connectivity index (χ0) is 41.7. The first kappa shape index (κ1) is 55.0. The monoisotopic (exact) mass is 813 g/mol. The lowest BCUT2D eigenvalue weighted by Gasteiger charge is -2.17. The van der Waals surface area contributed by atoms with Crippen molar-refractivity contribution in [3.63, 3.8) is 0 Å². The van der Waals surface area contributed by atoms with E-state index in [1.807, 2.05) is 0 Å². The molecule has 0 aliphatic heterocycles. The molecular weight excluding hydrogens is 740 g/mol. The molecule has 20 heteroatoms. The summed E-state index contributed by atoms with van der Waals surface area (Å²) in [5.74, 6) is -2.05. The minimum absolute atomic E-state index is 0.0339. The van der Waals surface area contributed by atoms with Gasteiger partial charge in [0.1, 0.15) is 6.04 Å². The number of aliphatic carboxylic acids is 1. The molecule has 0 bridgehead atoms. The van der Waals surface area contributed by atoms with Crippen LogP contribution < -0.4 is 32.7 Å². The minimum atomic E-state index is -0.902. The quantitative estimate of drug-likeness (QED) is 0.0355. The Balaban J connectivity index is 0. The lowest BCUT2D eigenvalue weighted by molar-refractivity contribution is -0.138. The highest BCUT2D eigenvalue weighted by molar-refractivity contribution is 5.86. The summed E-state index contributed by atoms with van der Waals surface area (Å²) < 4.78 is 42.8. The van der Waals surface area contributed by atoms with Crippen molar-refractivity contribution in [1.29, 1.82) is 0 Å². The third kappa shape index (κ3) is 45.3. The second-order valence-electron chi connectivity index (χ2n) is 11.9. The first-order chi connectivity index (χ1) is 27.2. The third-order valence-corrected chi connectivity index (χ3v) is 6.92. The summed E-state index contributed by atoms with van der Waals surface area (Å²) in [6, 6.07) is -0.581. The number of carbonyl (C=O) groups excluding carboxylic acids is 4. The Morgan fingerprint density at radius 3 is 1.38 bits per heavy atom. The van der Waals surface area contributed by atoms with Crippen molar-refractivity contribution in [3.8, 4) is 0 Å². The van der Waals surface area contributed by atoms with Gasteiger partial charge in [0.15, 0.2) is 0 Å². The molecule has 330 valence electrons. The molecule has 0 aliphatic rings. The Morgan fingerprint density at radius 2 is 0.964 bits per heavy atom. The molecule has 0 saturated heterocycles. The standard InChI is InChI=1S/C32H61N5O14.C4H11N/c1-27(38)37-28(4-2-3-7-33)32(43)35-9-13-47-17-21-51-24-22-48-18-14-44-10-5-29(39)36-26-30(40)34-8-12-46-16-20-50-25-23-49-19-15-45-11-6-31(41)42;1-2-3-4-5/h28H,2-26,33H2,1H3,(H,34,40)(H,35,43)(H,36,39)(H,37,38)(H,41,42);2-5H2,1H3. The summed E-state index contributed by atoms with van der Waals surface area (Å²) in [7, 11) is 0. The van der Waals surface area contributed by atoms with Crippen LogP contribution in [0.2, 0.25) is 0 Å². The van der Waals surface area contributed by atoms with E-state index in [1.54, 1.807) is 0 Å². The molecule has 0 aliphatic carbocycles. The Bertz CT molecular complexity index is 952. The van der Waals surface area contributed by atoms with Gasteiger partial charge >= 0.3 is 5.97 Å². The Labute approximate surface area is 332 Å². The highest BCUT2D eigenvalue weighted by Crippen LogP contribution is 2.01. The van der Waals surface area contributed by atoms with Crippen LogP contribution >= 0.6 is 0 Å². The predicted molar refractivity (Wildman–Crippen MR) is 207 cm³/mol. The molecule has 4 amide bonds. The molecule has 0 radical (unpaired) electrons. The summed E-state index contributed by atoms with van der Waals surface area (Å²) in [6.07, 6.45) is 4.53. The van der Waals surface area contributed by atoms with Gasteiger partial charge in [-0.3, -0.25) is 24.0 Å². The second-order valence-corrected chi connectivity index (χ2v) is 11.9. The normalized spacial score (nSPS) is 11.3. The number of unbranched alkanes of at least 4 members (excludes halogenated alkanes) is 2. The van der Waals surface area contributed by atoms with Gasteiger partial charge in [0, 0.05) is 26.4 Å². The predicted octanol–water partition coefficient (Wildman–Crippen LogP) is -1.29. The van der Waals surface area contributed by atoms with Gasteiger partial charge in [-0.15, -0.1) is 0 Å². The van der Waals surface area contributed by atoms with E-state index in [0.29, 0.717) is 119 Å². The minimum Gasteiger partial charge on any atom is -0.481 e. The zero-order valence-electron chi connectivity index (χ0n) is 33.8. The molecule has 0 aromatic rings. The number of hydrogen-bond donors (Lipinski definition) is 7. The summed E-state index contributed by atoms with van der Waals surface area (Å²) in [4.78, 5) is 57.7. The van der Waals surface area contributed by atoms with Crippen LogP contribution in [0.15, 0.2) is 0 Å². The SMILES string of the molecule is CC(=O)NC(CCCCN)C(=O)NCCOCCOCCOCCOCCC(=O)NCC(=O)NCCOCCOCCOCCOCCC(=O)O.CCCCN. The van der Waals surface area contributed by atoms with Gasteiger partial charge in [-0.2, -0.15) is 0 Å². The van der Waals surface area contributed by atoms with Gasteiger partial charge in [-0.25, -0.2) is 0 Å². The van der Waals surface area contributed by atoms with Crippen molar-refractivity contribution in [1.82, 2.24) is 21.3 Å². The maximum absolute atomic E-state index is 12.3. The number of hydrogen-bond acceptors (Lipinski definition) is 15. The first-order valence-electron chi connectivity index (χ1n) is 19.5. The number of nitrogens with one attached hydrogen (secondary N) is 4. The van der Waals surface area contributed by atoms with E-state index in [9.17, 15) is 24.0 Å². The van der Waals surface area contributed by atoms with Gasteiger partial charge < -0.3 is 75.7 Å². The molecule has 1 atom stereocenters. The van der Waals surface area contributed by atoms with Crippen LogP contribution in [-0.4, -0.2) is 179 Å². The number of carbonyl (C=O) groups is 5. The summed E-state index contributed by atoms with van der Waals surface area (Å²) in [5.41, 5.74) is 10.6. The average molecular weight is 813 g/mol. The maximum Gasteiger partial charge on any atom is 0.305 e. The highest BCUT2D eigenvalue weighted by atomic mass is 16.6. The topological polar surface area (TPSA) is 280 Å². The van der Waals surface area contributed by atoms with E-state index in [-0.39, 0.29) is 56.2 Å². The molecule has 0 spiro atoms. The number of carboxylic acid groups (broad SMARTS) is 1. The molecule has 0 aromatic heterocycles. The van der Waals surface area contributed by atoms with E-state index in [2.05, 4.69) is 28.2 Å². The summed E-state index contributed by atoms with van der Waals surface area (Å²) >= 11 is 0. The zero-order valence-corrected chi connectivity index (χ0v) is 33.8. The largest absolute Gasteiger partial charge is 0.481 e. The lowest BCUT2D eigenvalue weighted by Crippen LogP contribution is -2.46. The molecule has 1 unspecified atom stereocenters. The molecule has 56 heavy (non-hydrogen) atoms. The number of carboxylic acids is 1. The van der Waals surface area contributed by atoms with Crippen molar-refractivity contribution < 1.29 is 67.0 Å². The lowest BCUT2D eigenvalue weighted by atomic mass is 10.1. The Morgan fingerprint density at radius 1 is 0.536 bits per heavy atom. The number of ether oxygens (including phenoxy) is 8. The van der Waals surface area contributed by atoms with Crippen molar-refractivity contribution in [2.75, 3.05) is 138 Å². The van der Waals surface area contributed by atoms with Crippen LogP contribution in [0.3, 0.4) is 0 Å². The molecule has 9 N–H and O–H groups in total. The van der Waals surface area contributed by atoms with E-state index in [0.717, 1.165) is 19.4 Å². The van der Waals surface area contributed by atoms with E-state index in [4.69, 9.17) is 54.5 Å². The Kier molecular flexibility index (Phi) is 43.9. The van der Waals surface area contributed by atoms with Gasteiger partial charge in [0.2, 0.25) is 23.6 Å². The third-order valence-electron chi connectivity index (χ3n) is 6.92. The van der Waals surface area contributed by atoms with Crippen molar-refractivity contribution in [2.45, 2.75) is 64.8 Å². The van der Waals surface area contributed by atoms with E-state index in [1.165, 1.54) is 19.8 Å². The van der Waals surface area contributed by atoms with Crippen LogP contribution in [0.5, 0.6) is 0 Å². The van der Waals surface area contributed by atoms with E-state index < -0.39 is 12.0 Å². The molecular formula is C36H72N6O14. The van der Waals surface area contributed by atoms with Crippen molar-refractivity contribution >= 4 is 29.6 Å². The molecule has 0 rings (SSSR count). The second kappa shape index (κ2) is 44.7. The summed E-state index contributed by atoms with van der Waals surface area (Å²) in [6.45, 7) is 10.6. The molecule has 0 saturated carbocycles. The first-order valence-corrected chi connectivity index (χ1v) is 19.5. The van der Waals surface area contributed by atoms with Gasteiger partial charge in [0.05, 0.1) is 119 Å². The fourth-order valence-corrected chi connectivity index (χ4v) is 4.02. The maximum atomic E-state index is 12.3. The fraction of sp³-hybridized carbons (Fsp3) is 0.861. The Hall–Kier alpha value is -3.05. The van der Waals surface area contributed by atoms with Crippen LogP contribution in [0.25, 0.3) is 0 Å². The average Bonchev–Trinajstić information content (AvgIpc) is 3.16. The molecule has 0 heterocycles. The molecule has 0 aromatic carbocycles. The van der Waals surface area contributed by atoms with Crippen LogP contribution in [0.1, 0.15) is 58.8 Å². The number of rotatable bonds is 40. The molecule has 20 nitrogen and oxygen atoms in total. The van der Waals surface area contributed by atoms with Crippen molar-refractivity contribution in [3.05, 3.63) is 0 Å². The van der Waals surface area contributed by atoms with Crippen LogP contribution in [-0.2, 0) is 61.9 Å². The van der Waals surface area contributed by atoms with Gasteiger partial charge in [-0.05, 0) is 38.8 Å². The summed E-state index contributed by atoms with van der Waals surface area (Å²) in [5, 5.41) is 19.1. The van der Waals surface area contributed by atoms with Crippen molar-refractivity contribution in [2.24, 2.45) is 11.5 Å². The van der Waals surface area contributed by atoms with E-state index >= 15 is 0 Å². The number of nitrogens with two attached hydrogens (primary N) is 2. The smallest absolute Gasteiger partial charge is 0.305 e. The van der Waals surface area contributed by atoms with Crippen LogP contribution in [0.4, 0.5) is 0 Å². The highest BCUT2D eigenvalue weighted by Gasteiger charge is 2.18. The molecule has 0 fully saturated rings. The van der Waals surface area contributed by atoms with Crippen LogP contribution in [0, 0.1) is 0 Å². The van der Waals surface area contributed by atoms with Gasteiger partial charge in [0.25, 0.3) is 0 Å². The number of amides is 4. The van der Waals surface area contributed by atoms with Gasteiger partial charge in [-0.1, -0.05) is 13.3 Å². The fourth-order valence-electron chi connectivity index (χ4n) is 4.02.